The third kappa shape index (κ3) is 4.90. The fraction of sp³-hybridized carbons (Fsp3) is 0.400. The normalized spacial score (nSPS) is 14.7. The lowest BCUT2D eigenvalue weighted by atomic mass is 10.1. The van der Waals surface area contributed by atoms with E-state index in [4.69, 9.17) is 20.2 Å². The van der Waals surface area contributed by atoms with Crippen molar-refractivity contribution in [2.24, 2.45) is 0 Å². The zero-order chi connectivity index (χ0) is 23.7. The summed E-state index contributed by atoms with van der Waals surface area (Å²) < 4.78 is 39.0. The van der Waals surface area contributed by atoms with E-state index < -0.39 is 12.1 Å². The Hall–Kier alpha value is -3.41. The number of carboxylic acids is 1. The van der Waals surface area contributed by atoms with Crippen molar-refractivity contribution in [3.63, 3.8) is 0 Å². The molecule has 32 heavy (non-hydrogen) atoms. The Balaban J connectivity index is 0.000000360. The lowest BCUT2D eigenvalue weighted by Gasteiger charge is -2.15. The number of hydrogen-bond donors (Lipinski definition) is 2. The van der Waals surface area contributed by atoms with Crippen LogP contribution in [-0.4, -0.2) is 62.7 Å². The lowest BCUT2D eigenvalue weighted by molar-refractivity contribution is -0.192. The Morgan fingerprint density at radius 1 is 1.31 bits per heavy atom. The number of carboxylic acid groups (broad SMARTS) is 1. The van der Waals surface area contributed by atoms with Gasteiger partial charge in [-0.1, -0.05) is 23.4 Å². The first-order valence-electron chi connectivity index (χ1n) is 9.63. The second-order valence-electron chi connectivity index (χ2n) is 7.89. The first-order valence-corrected chi connectivity index (χ1v) is 9.63. The molecule has 3 aromatic rings. The molecular formula is C20H23F3N6O3. The van der Waals surface area contributed by atoms with E-state index in [1.807, 2.05) is 31.2 Å². The Morgan fingerprint density at radius 2 is 1.94 bits per heavy atom. The number of aliphatic carboxylic acids is 1. The first kappa shape index (κ1) is 23.3. The van der Waals surface area contributed by atoms with Crippen LogP contribution < -0.4 is 5.73 Å². The number of alkyl halides is 3. The van der Waals surface area contributed by atoms with Crippen molar-refractivity contribution < 1.29 is 27.6 Å². The van der Waals surface area contributed by atoms with E-state index >= 15 is 0 Å². The fourth-order valence-electron chi connectivity index (χ4n) is 3.27. The van der Waals surface area contributed by atoms with Crippen LogP contribution in [0.2, 0.25) is 0 Å². The number of likely N-dealkylation sites (N-methyl/N-ethyl adjacent to an activating group) is 1. The number of aromatic nitrogens is 4. The minimum Gasteiger partial charge on any atom is -0.475 e. The van der Waals surface area contributed by atoms with Crippen molar-refractivity contribution in [3.05, 3.63) is 41.9 Å². The number of nitrogen functional groups attached to an aromatic ring is 1. The Labute approximate surface area is 181 Å². The third-order valence-electron chi connectivity index (χ3n) is 4.99. The average Bonchev–Trinajstić information content (AvgIpc) is 3.13. The van der Waals surface area contributed by atoms with Crippen LogP contribution in [0.1, 0.15) is 24.3 Å². The molecule has 0 radical (unpaired) electrons. The van der Waals surface area contributed by atoms with Gasteiger partial charge in [-0.05, 0) is 45.5 Å². The van der Waals surface area contributed by atoms with Gasteiger partial charge in [-0.3, -0.25) is 0 Å². The number of rotatable bonds is 5. The number of benzene rings is 1. The van der Waals surface area contributed by atoms with Crippen LogP contribution in [0, 0.1) is 6.92 Å². The van der Waals surface area contributed by atoms with Crippen molar-refractivity contribution in [2.45, 2.75) is 31.4 Å². The number of anilines is 1. The van der Waals surface area contributed by atoms with Gasteiger partial charge in [-0.25, -0.2) is 9.48 Å². The predicted octanol–water partition coefficient (Wildman–Crippen LogP) is 3.04. The van der Waals surface area contributed by atoms with Crippen molar-refractivity contribution >= 4 is 11.8 Å². The summed E-state index contributed by atoms with van der Waals surface area (Å²) in [4.78, 5) is 15.7. The van der Waals surface area contributed by atoms with Gasteiger partial charge in [0.15, 0.2) is 0 Å². The summed E-state index contributed by atoms with van der Waals surface area (Å²) in [5.74, 6) is -1.05. The molecule has 0 atom stereocenters. The van der Waals surface area contributed by atoms with Crippen LogP contribution in [0.3, 0.4) is 0 Å². The van der Waals surface area contributed by atoms with Crippen LogP contribution >= 0.6 is 0 Å². The highest BCUT2D eigenvalue weighted by Gasteiger charge is 2.49. The number of nitrogens with zero attached hydrogens (tertiary/aromatic N) is 5. The van der Waals surface area contributed by atoms with Gasteiger partial charge in [0.1, 0.15) is 5.82 Å². The molecule has 0 amide bonds. The molecule has 0 aliphatic heterocycles. The van der Waals surface area contributed by atoms with Gasteiger partial charge in [0.05, 0.1) is 22.9 Å². The van der Waals surface area contributed by atoms with Gasteiger partial charge in [0.2, 0.25) is 11.7 Å². The number of halogens is 3. The second-order valence-corrected chi connectivity index (χ2v) is 7.89. The summed E-state index contributed by atoms with van der Waals surface area (Å²) in [5.41, 5.74) is 9.05. The summed E-state index contributed by atoms with van der Waals surface area (Å²) >= 11 is 0. The standard InChI is InChI=1S/C18H22N6O.C2HF3O2/c1-12-6-4-5-7-14(12)24-15(19)13(10-20-24)16-21-17(25-22-16)18(8-9-18)11-23(2)3;3-2(4,5)1(6)7/h4-7,10H,8-9,11,19H2,1-3H3;(H,6,7). The molecule has 2 aromatic heterocycles. The molecule has 1 aliphatic carbocycles. The van der Waals surface area contributed by atoms with Gasteiger partial charge in [-0.15, -0.1) is 0 Å². The number of aryl methyl sites for hydroxylation is 1. The Bertz CT molecular complexity index is 1100. The van der Waals surface area contributed by atoms with Gasteiger partial charge in [0.25, 0.3) is 0 Å². The second kappa shape index (κ2) is 8.61. The lowest BCUT2D eigenvalue weighted by Crippen LogP contribution is -2.26. The van der Waals surface area contributed by atoms with E-state index in [-0.39, 0.29) is 5.41 Å². The van der Waals surface area contributed by atoms with E-state index in [1.54, 1.807) is 10.9 Å². The summed E-state index contributed by atoms with van der Waals surface area (Å²) in [6.07, 6.45) is -1.24. The summed E-state index contributed by atoms with van der Waals surface area (Å²) in [6, 6.07) is 7.97. The summed E-state index contributed by atoms with van der Waals surface area (Å²) in [5, 5.41) is 15.7. The molecule has 12 heteroatoms. The Morgan fingerprint density at radius 3 is 2.47 bits per heavy atom. The summed E-state index contributed by atoms with van der Waals surface area (Å²) in [7, 11) is 4.11. The minimum atomic E-state index is -5.08. The zero-order valence-corrected chi connectivity index (χ0v) is 17.7. The van der Waals surface area contributed by atoms with E-state index in [0.29, 0.717) is 23.1 Å². The fourth-order valence-corrected chi connectivity index (χ4v) is 3.27. The maximum atomic E-state index is 10.6. The van der Waals surface area contributed by atoms with E-state index in [9.17, 15) is 13.2 Å². The molecule has 0 spiro atoms. The number of nitrogens with two attached hydrogens (primary N) is 1. The number of carbonyl (C=O) groups is 1. The van der Waals surface area contributed by atoms with Crippen molar-refractivity contribution in [1.82, 2.24) is 24.8 Å². The van der Waals surface area contributed by atoms with Crippen molar-refractivity contribution in [2.75, 3.05) is 26.4 Å². The summed E-state index contributed by atoms with van der Waals surface area (Å²) in [6.45, 7) is 2.94. The van der Waals surface area contributed by atoms with E-state index in [1.165, 1.54) is 0 Å². The molecule has 9 nitrogen and oxygen atoms in total. The average molecular weight is 452 g/mol. The van der Waals surface area contributed by atoms with Crippen LogP contribution in [0.25, 0.3) is 17.1 Å². The topological polar surface area (TPSA) is 123 Å². The van der Waals surface area contributed by atoms with Gasteiger partial charge in [0, 0.05) is 6.54 Å². The van der Waals surface area contributed by atoms with E-state index in [0.717, 1.165) is 30.6 Å². The maximum absolute atomic E-state index is 10.6. The minimum absolute atomic E-state index is 0.00444. The van der Waals surface area contributed by atoms with Crippen LogP contribution in [-0.2, 0) is 10.2 Å². The number of hydrogen-bond acceptors (Lipinski definition) is 7. The van der Waals surface area contributed by atoms with E-state index in [2.05, 4.69) is 34.2 Å². The SMILES string of the molecule is Cc1ccccc1-n1ncc(-c2noc(C3(CN(C)C)CC3)n2)c1N.O=C(O)C(F)(F)F. The molecule has 1 aromatic carbocycles. The third-order valence-corrected chi connectivity index (χ3v) is 4.99. The molecule has 0 unspecified atom stereocenters. The molecule has 1 aliphatic rings. The van der Waals surface area contributed by atoms with Crippen LogP contribution in [0.5, 0.6) is 0 Å². The molecule has 0 saturated heterocycles. The van der Waals surface area contributed by atoms with Gasteiger partial charge >= 0.3 is 12.1 Å². The van der Waals surface area contributed by atoms with Gasteiger partial charge < -0.3 is 20.3 Å². The highest BCUT2D eigenvalue weighted by Crippen LogP contribution is 2.48. The Kier molecular flexibility index (Phi) is 6.26. The molecule has 4 rings (SSSR count). The largest absolute Gasteiger partial charge is 0.490 e. The number of para-hydroxylation sites is 1. The predicted molar refractivity (Wildman–Crippen MR) is 109 cm³/mol. The first-order chi connectivity index (χ1) is 14.9. The molecule has 1 saturated carbocycles. The van der Waals surface area contributed by atoms with Crippen molar-refractivity contribution in [1.29, 1.82) is 0 Å². The van der Waals surface area contributed by atoms with Gasteiger partial charge in [-0.2, -0.15) is 23.3 Å². The molecule has 1 fully saturated rings. The van der Waals surface area contributed by atoms with Crippen LogP contribution in [0.4, 0.5) is 19.0 Å². The molecule has 2 heterocycles. The monoisotopic (exact) mass is 452 g/mol. The van der Waals surface area contributed by atoms with Crippen LogP contribution in [0.15, 0.2) is 35.0 Å². The smallest absolute Gasteiger partial charge is 0.475 e. The molecular weight excluding hydrogens is 429 g/mol. The highest BCUT2D eigenvalue weighted by atomic mass is 19.4. The zero-order valence-electron chi connectivity index (χ0n) is 17.7. The molecule has 3 N–H and O–H groups in total. The highest BCUT2D eigenvalue weighted by molar-refractivity contribution is 5.73. The molecule has 0 bridgehead atoms. The molecule has 172 valence electrons. The van der Waals surface area contributed by atoms with Crippen molar-refractivity contribution in [3.8, 4) is 17.1 Å². The maximum Gasteiger partial charge on any atom is 0.490 e. The quantitative estimate of drug-likeness (QED) is 0.606.